The summed E-state index contributed by atoms with van der Waals surface area (Å²) in [4.78, 5) is 8.22. The number of rotatable bonds is 3. The molecule has 0 amide bonds. The zero-order chi connectivity index (χ0) is 14.0. The zero-order valence-electron chi connectivity index (χ0n) is 12.8. The van der Waals surface area contributed by atoms with Crippen molar-refractivity contribution >= 4 is 11.3 Å². The number of piperazine rings is 1. The highest BCUT2D eigenvalue weighted by Gasteiger charge is 2.35. The average Bonchev–Trinajstić information content (AvgIpc) is 2.80. The van der Waals surface area contributed by atoms with Crippen molar-refractivity contribution in [3.8, 4) is 0 Å². The fraction of sp³-hybridized carbons (Fsp3) is 0.800. The van der Waals surface area contributed by atoms with E-state index in [9.17, 15) is 0 Å². The Morgan fingerprint density at radius 2 is 2.21 bits per heavy atom. The van der Waals surface area contributed by atoms with Gasteiger partial charge in [-0.2, -0.15) is 0 Å². The summed E-state index contributed by atoms with van der Waals surface area (Å²) in [5, 5.41) is 3.75. The molecule has 1 fully saturated rings. The van der Waals surface area contributed by atoms with Crippen LogP contribution in [-0.4, -0.2) is 35.1 Å². The lowest BCUT2D eigenvalue weighted by Gasteiger charge is -2.46. The highest BCUT2D eigenvalue weighted by atomic mass is 32.1. The molecule has 1 aliphatic rings. The molecule has 19 heavy (non-hydrogen) atoms. The van der Waals surface area contributed by atoms with Crippen LogP contribution in [0.2, 0.25) is 0 Å². The lowest BCUT2D eigenvalue weighted by Crippen LogP contribution is -2.61. The second-order valence-electron chi connectivity index (χ2n) is 7.04. The van der Waals surface area contributed by atoms with E-state index in [0.717, 1.165) is 19.6 Å². The van der Waals surface area contributed by atoms with E-state index in [1.54, 1.807) is 11.3 Å². The maximum Gasteiger partial charge on any atom is 0.0794 e. The van der Waals surface area contributed by atoms with E-state index in [0.29, 0.717) is 23.4 Å². The molecule has 0 aromatic carbocycles. The van der Waals surface area contributed by atoms with Gasteiger partial charge in [-0.3, -0.25) is 9.88 Å². The average molecular weight is 281 g/mol. The number of hydrogen-bond donors (Lipinski definition) is 1. The minimum atomic E-state index is 0.313. The minimum absolute atomic E-state index is 0.313. The van der Waals surface area contributed by atoms with Crippen molar-refractivity contribution in [2.45, 2.75) is 53.2 Å². The number of nitrogens with zero attached hydrogens (tertiary/aromatic N) is 2. The van der Waals surface area contributed by atoms with Gasteiger partial charge in [0.1, 0.15) is 0 Å². The van der Waals surface area contributed by atoms with Gasteiger partial charge < -0.3 is 5.32 Å². The topological polar surface area (TPSA) is 28.2 Å². The lowest BCUT2D eigenvalue weighted by molar-refractivity contribution is 0.0579. The van der Waals surface area contributed by atoms with Gasteiger partial charge in [-0.05, 0) is 11.3 Å². The summed E-state index contributed by atoms with van der Waals surface area (Å²) in [6.45, 7) is 14.9. The second-order valence-corrected chi connectivity index (χ2v) is 8.01. The van der Waals surface area contributed by atoms with Crippen LogP contribution >= 0.6 is 11.3 Å². The predicted octanol–water partition coefficient (Wildman–Crippen LogP) is 2.99. The molecule has 0 radical (unpaired) electrons. The van der Waals surface area contributed by atoms with E-state index in [-0.39, 0.29) is 0 Å². The highest BCUT2D eigenvalue weighted by molar-refractivity contribution is 7.09. The predicted molar refractivity (Wildman–Crippen MR) is 82.4 cm³/mol. The van der Waals surface area contributed by atoms with Crippen molar-refractivity contribution in [2.75, 3.05) is 13.1 Å². The summed E-state index contributed by atoms with van der Waals surface area (Å²) in [6.07, 6.45) is 2.01. The molecule has 0 spiro atoms. The Morgan fingerprint density at radius 3 is 2.74 bits per heavy atom. The molecule has 2 heterocycles. The van der Waals surface area contributed by atoms with Gasteiger partial charge in [-0.15, -0.1) is 11.3 Å². The van der Waals surface area contributed by atoms with E-state index in [4.69, 9.17) is 0 Å². The van der Waals surface area contributed by atoms with Gasteiger partial charge >= 0.3 is 0 Å². The van der Waals surface area contributed by atoms with Crippen LogP contribution in [0.5, 0.6) is 0 Å². The van der Waals surface area contributed by atoms with Gasteiger partial charge in [0.2, 0.25) is 0 Å². The Labute approximate surface area is 121 Å². The first-order chi connectivity index (χ1) is 8.88. The standard InChI is InChI=1S/C15H27N3S/c1-11(2)13-7-17-14(15(3,4)5)9-18(13)8-12-6-16-10-19-12/h6,10-11,13-14,17H,7-9H2,1-5H3. The summed E-state index contributed by atoms with van der Waals surface area (Å²) in [5.74, 6) is 0.682. The number of thiazole rings is 1. The van der Waals surface area contributed by atoms with Gasteiger partial charge in [0.05, 0.1) is 5.51 Å². The van der Waals surface area contributed by atoms with Gasteiger partial charge in [0.25, 0.3) is 0 Å². The molecule has 108 valence electrons. The molecule has 2 unspecified atom stereocenters. The van der Waals surface area contributed by atoms with Gasteiger partial charge in [-0.1, -0.05) is 34.6 Å². The van der Waals surface area contributed by atoms with Crippen LogP contribution in [0, 0.1) is 11.3 Å². The van der Waals surface area contributed by atoms with Crippen LogP contribution in [0.4, 0.5) is 0 Å². The van der Waals surface area contributed by atoms with E-state index in [1.165, 1.54) is 4.88 Å². The summed E-state index contributed by atoms with van der Waals surface area (Å²) in [6, 6.07) is 1.19. The summed E-state index contributed by atoms with van der Waals surface area (Å²) < 4.78 is 0. The smallest absolute Gasteiger partial charge is 0.0794 e. The molecule has 1 saturated heterocycles. The lowest BCUT2D eigenvalue weighted by atomic mass is 9.83. The fourth-order valence-electron chi connectivity index (χ4n) is 2.77. The quantitative estimate of drug-likeness (QED) is 0.923. The molecule has 1 aliphatic heterocycles. The normalized spacial score (nSPS) is 26.0. The van der Waals surface area contributed by atoms with Crippen LogP contribution in [0.3, 0.4) is 0 Å². The Kier molecular flexibility index (Phi) is 4.64. The first kappa shape index (κ1) is 14.9. The monoisotopic (exact) mass is 281 g/mol. The van der Waals surface area contributed by atoms with E-state index < -0.39 is 0 Å². The molecular weight excluding hydrogens is 254 g/mol. The van der Waals surface area contributed by atoms with E-state index in [1.807, 2.05) is 11.7 Å². The molecule has 0 bridgehead atoms. The molecule has 4 heteroatoms. The first-order valence-electron chi connectivity index (χ1n) is 7.22. The number of aromatic nitrogens is 1. The van der Waals surface area contributed by atoms with Crippen molar-refractivity contribution in [3.05, 3.63) is 16.6 Å². The van der Waals surface area contributed by atoms with Crippen molar-refractivity contribution < 1.29 is 0 Å². The molecule has 2 rings (SSSR count). The molecule has 1 N–H and O–H groups in total. The Hall–Kier alpha value is -0.450. The fourth-order valence-corrected chi connectivity index (χ4v) is 3.39. The van der Waals surface area contributed by atoms with E-state index >= 15 is 0 Å². The van der Waals surface area contributed by atoms with Crippen molar-refractivity contribution in [3.63, 3.8) is 0 Å². The molecule has 1 aromatic rings. The summed E-state index contributed by atoms with van der Waals surface area (Å²) in [7, 11) is 0. The van der Waals surface area contributed by atoms with Crippen LogP contribution in [-0.2, 0) is 6.54 Å². The SMILES string of the molecule is CC(C)C1CNC(C(C)(C)C)CN1Cc1cncs1. The van der Waals surface area contributed by atoms with Gasteiger partial charge in [-0.25, -0.2) is 0 Å². The van der Waals surface area contributed by atoms with Crippen molar-refractivity contribution in [2.24, 2.45) is 11.3 Å². The third-order valence-corrected chi connectivity index (χ3v) is 4.88. The third kappa shape index (κ3) is 3.77. The van der Waals surface area contributed by atoms with Gasteiger partial charge in [0, 0.05) is 42.8 Å². The Morgan fingerprint density at radius 1 is 1.47 bits per heavy atom. The van der Waals surface area contributed by atoms with Crippen LogP contribution < -0.4 is 5.32 Å². The Bertz CT molecular complexity index is 381. The van der Waals surface area contributed by atoms with Crippen molar-refractivity contribution in [1.82, 2.24) is 15.2 Å². The molecular formula is C15H27N3S. The molecule has 0 saturated carbocycles. The van der Waals surface area contributed by atoms with Crippen molar-refractivity contribution in [1.29, 1.82) is 0 Å². The molecule has 1 aromatic heterocycles. The van der Waals surface area contributed by atoms with Crippen LogP contribution in [0.1, 0.15) is 39.5 Å². The maximum absolute atomic E-state index is 4.20. The molecule has 0 aliphatic carbocycles. The minimum Gasteiger partial charge on any atom is -0.311 e. The summed E-state index contributed by atoms with van der Waals surface area (Å²) >= 11 is 1.77. The van der Waals surface area contributed by atoms with E-state index in [2.05, 4.69) is 49.8 Å². The first-order valence-corrected chi connectivity index (χ1v) is 8.10. The maximum atomic E-state index is 4.20. The molecule has 3 nitrogen and oxygen atoms in total. The Balaban J connectivity index is 2.08. The number of hydrogen-bond acceptors (Lipinski definition) is 4. The number of nitrogens with one attached hydrogen (secondary N) is 1. The highest BCUT2D eigenvalue weighted by Crippen LogP contribution is 2.27. The zero-order valence-corrected chi connectivity index (χ0v) is 13.6. The van der Waals surface area contributed by atoms with Crippen LogP contribution in [0.15, 0.2) is 11.7 Å². The third-order valence-electron chi connectivity index (χ3n) is 4.12. The molecule has 2 atom stereocenters. The summed E-state index contributed by atoms with van der Waals surface area (Å²) in [5.41, 5.74) is 2.25. The van der Waals surface area contributed by atoms with Crippen LogP contribution in [0.25, 0.3) is 0 Å². The second kappa shape index (κ2) is 5.90. The van der Waals surface area contributed by atoms with Gasteiger partial charge in [0.15, 0.2) is 0 Å². The largest absolute Gasteiger partial charge is 0.311 e.